The van der Waals surface area contributed by atoms with Crippen LogP contribution in [0.2, 0.25) is 0 Å². The number of aliphatic imine (C=N–C) groups is 1. The van der Waals surface area contributed by atoms with E-state index in [9.17, 15) is 4.79 Å². The van der Waals surface area contributed by atoms with Gasteiger partial charge in [0, 0.05) is 32.1 Å². The quantitative estimate of drug-likeness (QED) is 0.801. The van der Waals surface area contributed by atoms with E-state index < -0.39 is 5.54 Å². The summed E-state index contributed by atoms with van der Waals surface area (Å²) in [5, 5.41) is 0. The Labute approximate surface area is 162 Å². The average molecular weight is 370 g/mol. The van der Waals surface area contributed by atoms with Crippen LogP contribution in [0.4, 0.5) is 0 Å². The molecule has 1 saturated heterocycles. The monoisotopic (exact) mass is 369 g/mol. The lowest BCUT2D eigenvalue weighted by Gasteiger charge is -2.29. The lowest BCUT2D eigenvalue weighted by molar-refractivity contribution is -0.132. The van der Waals surface area contributed by atoms with Gasteiger partial charge < -0.3 is 4.74 Å². The number of likely N-dealkylation sites (tertiary alicyclic amines) is 1. The Morgan fingerprint density at radius 1 is 1.26 bits per heavy atom. The number of amides is 1. The van der Waals surface area contributed by atoms with Crippen molar-refractivity contribution in [1.82, 2.24) is 9.80 Å². The summed E-state index contributed by atoms with van der Waals surface area (Å²) in [5.41, 5.74) is 0.807. The Morgan fingerprint density at radius 3 is 2.67 bits per heavy atom. The number of nitrogens with zero attached hydrogens (tertiary/aromatic N) is 3. The first-order valence-electron chi connectivity index (χ1n) is 10.2. The van der Waals surface area contributed by atoms with Crippen LogP contribution in [0.3, 0.4) is 0 Å². The highest BCUT2D eigenvalue weighted by atomic mass is 16.5. The summed E-state index contributed by atoms with van der Waals surface area (Å²) in [6, 6.07) is 8.31. The van der Waals surface area contributed by atoms with Crippen LogP contribution >= 0.6 is 0 Å². The summed E-state index contributed by atoms with van der Waals surface area (Å²) >= 11 is 0. The second-order valence-corrected chi connectivity index (χ2v) is 8.84. The molecule has 5 heteroatoms. The number of amidine groups is 1. The molecule has 0 N–H and O–H groups in total. The fraction of sp³-hybridized carbons (Fsp3) is 0.636. The van der Waals surface area contributed by atoms with E-state index in [2.05, 4.69) is 30.9 Å². The zero-order chi connectivity index (χ0) is 19.2. The van der Waals surface area contributed by atoms with Crippen molar-refractivity contribution in [3.8, 4) is 5.75 Å². The van der Waals surface area contributed by atoms with Crippen molar-refractivity contribution >= 4 is 11.7 Å². The Kier molecular flexibility index (Phi) is 4.75. The molecule has 1 saturated carbocycles. The third-order valence-electron chi connectivity index (χ3n) is 6.51. The Morgan fingerprint density at radius 2 is 2.00 bits per heavy atom. The van der Waals surface area contributed by atoms with Gasteiger partial charge in [-0.3, -0.25) is 19.6 Å². The SMILES string of the molecule is COc1ccc(CN2C[C@H]3CC[C@@]4(N=C(C)N(CC(C)C)C4=O)[C@H]3C2)cc1. The van der Waals surface area contributed by atoms with Crippen LogP contribution in [0.1, 0.15) is 39.2 Å². The number of benzene rings is 1. The van der Waals surface area contributed by atoms with Crippen molar-refractivity contribution in [2.75, 3.05) is 26.7 Å². The molecule has 4 rings (SSSR count). The molecule has 1 aromatic carbocycles. The minimum atomic E-state index is -0.488. The van der Waals surface area contributed by atoms with E-state index in [0.717, 1.165) is 50.6 Å². The molecule has 1 aromatic rings. The van der Waals surface area contributed by atoms with Gasteiger partial charge in [0.2, 0.25) is 0 Å². The number of fused-ring (bicyclic) bond motifs is 2. The van der Waals surface area contributed by atoms with Crippen LogP contribution in [0.5, 0.6) is 5.75 Å². The summed E-state index contributed by atoms with van der Waals surface area (Å²) in [7, 11) is 1.69. The molecule has 3 atom stereocenters. The van der Waals surface area contributed by atoms with Crippen LogP contribution in [0.15, 0.2) is 29.3 Å². The van der Waals surface area contributed by atoms with Gasteiger partial charge in [-0.1, -0.05) is 26.0 Å². The Hall–Kier alpha value is -1.88. The maximum absolute atomic E-state index is 13.3. The molecule has 146 valence electrons. The highest BCUT2D eigenvalue weighted by Gasteiger charge is 2.60. The van der Waals surface area contributed by atoms with Gasteiger partial charge in [0.25, 0.3) is 5.91 Å². The second kappa shape index (κ2) is 6.93. The molecular weight excluding hydrogens is 338 g/mol. The Balaban J connectivity index is 1.48. The predicted octanol–water partition coefficient (Wildman–Crippen LogP) is 3.19. The number of rotatable bonds is 5. The lowest BCUT2D eigenvalue weighted by Crippen LogP contribution is -2.47. The summed E-state index contributed by atoms with van der Waals surface area (Å²) in [4.78, 5) is 22.8. The van der Waals surface area contributed by atoms with Crippen LogP contribution in [-0.4, -0.2) is 53.8 Å². The van der Waals surface area contributed by atoms with E-state index in [-0.39, 0.29) is 5.91 Å². The number of carbonyl (C=O) groups excluding carboxylic acids is 1. The Bertz CT molecular complexity index is 742. The number of ether oxygens (including phenoxy) is 1. The fourth-order valence-corrected chi connectivity index (χ4v) is 5.27. The first kappa shape index (κ1) is 18.5. The predicted molar refractivity (Wildman–Crippen MR) is 107 cm³/mol. The molecule has 1 spiro atoms. The highest BCUT2D eigenvalue weighted by Crippen LogP contribution is 2.50. The van der Waals surface area contributed by atoms with E-state index in [1.54, 1.807) is 7.11 Å². The number of carbonyl (C=O) groups is 1. The molecule has 3 aliphatic rings. The van der Waals surface area contributed by atoms with Gasteiger partial charge in [0.15, 0.2) is 0 Å². The van der Waals surface area contributed by atoms with E-state index in [0.29, 0.717) is 17.8 Å². The van der Waals surface area contributed by atoms with Gasteiger partial charge in [0.05, 0.1) is 7.11 Å². The minimum absolute atomic E-state index is 0.257. The molecule has 2 fully saturated rings. The van der Waals surface area contributed by atoms with Crippen molar-refractivity contribution in [1.29, 1.82) is 0 Å². The minimum Gasteiger partial charge on any atom is -0.497 e. The number of methoxy groups -OCH3 is 1. The summed E-state index contributed by atoms with van der Waals surface area (Å²) < 4.78 is 5.25. The third kappa shape index (κ3) is 3.16. The van der Waals surface area contributed by atoms with Crippen LogP contribution < -0.4 is 4.74 Å². The van der Waals surface area contributed by atoms with Crippen LogP contribution in [0.25, 0.3) is 0 Å². The van der Waals surface area contributed by atoms with Crippen molar-refractivity contribution in [2.24, 2.45) is 22.7 Å². The summed E-state index contributed by atoms with van der Waals surface area (Å²) in [5.74, 6) is 3.47. The van der Waals surface area contributed by atoms with Gasteiger partial charge in [-0.2, -0.15) is 0 Å². The molecule has 27 heavy (non-hydrogen) atoms. The standard InChI is InChI=1S/C22H31N3O2/c1-15(2)11-25-16(3)23-22(21(25)26)10-9-18-13-24(14-20(18)22)12-17-5-7-19(27-4)8-6-17/h5-8,15,18,20H,9-14H2,1-4H3/t18-,20+,22-/m1/s1. The van der Waals surface area contributed by atoms with Crippen LogP contribution in [0, 0.1) is 17.8 Å². The molecule has 2 heterocycles. The zero-order valence-electron chi connectivity index (χ0n) is 16.9. The maximum Gasteiger partial charge on any atom is 0.256 e. The van der Waals surface area contributed by atoms with E-state index >= 15 is 0 Å². The topological polar surface area (TPSA) is 45.1 Å². The molecule has 0 unspecified atom stereocenters. The van der Waals surface area contributed by atoms with Gasteiger partial charge in [-0.05, 0) is 49.3 Å². The lowest BCUT2D eigenvalue weighted by atomic mass is 9.84. The molecule has 5 nitrogen and oxygen atoms in total. The smallest absolute Gasteiger partial charge is 0.256 e. The molecular formula is C22H31N3O2. The van der Waals surface area contributed by atoms with E-state index in [4.69, 9.17) is 9.73 Å². The fourth-order valence-electron chi connectivity index (χ4n) is 5.27. The molecule has 0 radical (unpaired) electrons. The van der Waals surface area contributed by atoms with Crippen molar-refractivity contribution in [3.05, 3.63) is 29.8 Å². The van der Waals surface area contributed by atoms with E-state index in [1.807, 2.05) is 24.0 Å². The highest BCUT2D eigenvalue weighted by molar-refractivity contribution is 6.07. The molecule has 0 bridgehead atoms. The van der Waals surface area contributed by atoms with Crippen molar-refractivity contribution in [2.45, 2.75) is 45.7 Å². The number of hydrogen-bond acceptors (Lipinski definition) is 4. The first-order valence-corrected chi connectivity index (χ1v) is 10.2. The summed E-state index contributed by atoms with van der Waals surface area (Å²) in [6.07, 6.45) is 2.03. The van der Waals surface area contributed by atoms with Crippen LogP contribution in [-0.2, 0) is 11.3 Å². The zero-order valence-corrected chi connectivity index (χ0v) is 16.9. The number of hydrogen-bond donors (Lipinski definition) is 0. The summed E-state index contributed by atoms with van der Waals surface area (Å²) in [6.45, 7) is 10.1. The molecule has 2 aliphatic heterocycles. The third-order valence-corrected chi connectivity index (χ3v) is 6.51. The van der Waals surface area contributed by atoms with Gasteiger partial charge in [-0.15, -0.1) is 0 Å². The molecule has 0 aromatic heterocycles. The van der Waals surface area contributed by atoms with Gasteiger partial charge in [-0.25, -0.2) is 0 Å². The molecule has 1 aliphatic carbocycles. The normalized spacial score (nSPS) is 30.5. The maximum atomic E-state index is 13.3. The van der Waals surface area contributed by atoms with E-state index in [1.165, 1.54) is 5.56 Å². The second-order valence-electron chi connectivity index (χ2n) is 8.84. The first-order chi connectivity index (χ1) is 12.9. The van der Waals surface area contributed by atoms with Gasteiger partial charge >= 0.3 is 0 Å². The van der Waals surface area contributed by atoms with Crippen molar-refractivity contribution < 1.29 is 9.53 Å². The average Bonchev–Trinajstić information content (AvgIpc) is 3.26. The van der Waals surface area contributed by atoms with Gasteiger partial charge in [0.1, 0.15) is 17.1 Å². The largest absolute Gasteiger partial charge is 0.497 e. The van der Waals surface area contributed by atoms with Crippen molar-refractivity contribution in [3.63, 3.8) is 0 Å². The molecule has 1 amide bonds.